The first-order chi connectivity index (χ1) is 10.8. The molecule has 0 saturated heterocycles. The van der Waals surface area contributed by atoms with Crippen LogP contribution in [0.4, 0.5) is 0 Å². The molecule has 0 aromatic carbocycles. The van der Waals surface area contributed by atoms with E-state index in [9.17, 15) is 0 Å². The summed E-state index contributed by atoms with van der Waals surface area (Å²) in [6.07, 6.45) is 0.748. The van der Waals surface area contributed by atoms with Crippen molar-refractivity contribution in [2.45, 2.75) is 6.42 Å². The Morgan fingerprint density at radius 3 is 1.77 bits per heavy atom. The van der Waals surface area contributed by atoms with Gasteiger partial charge in [-0.1, -0.05) is 0 Å². The molecule has 0 aliphatic carbocycles. The van der Waals surface area contributed by atoms with E-state index in [-0.39, 0.29) is 6.79 Å². The second kappa shape index (κ2) is 36.8. The van der Waals surface area contributed by atoms with Crippen molar-refractivity contribution >= 4 is 16.2 Å². The topological polar surface area (TPSA) is 127 Å². The quantitative estimate of drug-likeness (QED) is 0.416. The number of rotatable bonds is 4. The minimum atomic E-state index is 0.194. The van der Waals surface area contributed by atoms with Gasteiger partial charge in [0.1, 0.15) is 0 Å². The second-order valence-corrected chi connectivity index (χ2v) is 3.21. The van der Waals surface area contributed by atoms with Crippen molar-refractivity contribution in [2.75, 3.05) is 20.5 Å². The SMILES string of the molecule is COCO[C](=[Cr])C1=C(Cl)CCO1.[C-]#[O+].[C-]#[O+].[C-]#[O+].[C-]#[O+].[C-]#[O+]. The first-order valence-corrected chi connectivity index (χ1v) is 5.47. The molecule has 0 radical (unpaired) electrons. The van der Waals surface area contributed by atoms with Crippen molar-refractivity contribution in [1.82, 2.24) is 0 Å². The minimum absolute atomic E-state index is 0.194. The molecule has 0 unspecified atom stereocenters. The van der Waals surface area contributed by atoms with Gasteiger partial charge in [-0.3, -0.25) is 0 Å². The van der Waals surface area contributed by atoms with Crippen LogP contribution in [0.5, 0.6) is 0 Å². The van der Waals surface area contributed by atoms with Gasteiger partial charge in [0.15, 0.2) is 0 Å². The van der Waals surface area contributed by atoms with Crippen LogP contribution in [-0.2, 0) is 53.3 Å². The van der Waals surface area contributed by atoms with Crippen LogP contribution in [0.15, 0.2) is 10.8 Å². The molecule has 8 nitrogen and oxygen atoms in total. The summed E-state index contributed by atoms with van der Waals surface area (Å²) in [6.45, 7) is 23.3. The fraction of sp³-hybridized carbons (Fsp3) is 0.333. The van der Waals surface area contributed by atoms with Crippen LogP contribution in [0.3, 0.4) is 0 Å². The fourth-order valence-electron chi connectivity index (χ4n) is 0.782. The molecule has 0 N–H and O–H groups in total. The molecule has 0 spiro atoms. The first kappa shape index (κ1) is 32.7. The van der Waals surface area contributed by atoms with Crippen molar-refractivity contribution in [2.24, 2.45) is 0 Å². The van der Waals surface area contributed by atoms with Crippen molar-refractivity contribution in [1.29, 1.82) is 0 Å². The van der Waals surface area contributed by atoms with Crippen LogP contribution in [0.2, 0.25) is 0 Å². The van der Waals surface area contributed by atoms with Gasteiger partial charge in [0.05, 0.1) is 0 Å². The Balaban J connectivity index is -0.0000000822. The van der Waals surface area contributed by atoms with Crippen molar-refractivity contribution in [3.63, 3.8) is 0 Å². The first-order valence-electron chi connectivity index (χ1n) is 4.45. The Kier molecular flexibility index (Phi) is 54.7. The number of ether oxygens (including phenoxy) is 3. The molecular weight excluding hydrogens is 360 g/mol. The molecule has 1 aliphatic rings. The standard InChI is InChI=1S/C7H9ClO3.5CO.Cr/c1-9-5-10-4-7-6(8)2-3-11-7;5*1-2;/h2-3,5H2,1H3;;;;;;. The van der Waals surface area contributed by atoms with E-state index >= 15 is 0 Å². The van der Waals surface area contributed by atoms with Gasteiger partial charge in [0.25, 0.3) is 0 Å². The van der Waals surface area contributed by atoms with Gasteiger partial charge in [-0.25, -0.2) is 0 Å². The summed E-state index contributed by atoms with van der Waals surface area (Å²) >= 11 is 8.58. The maximum atomic E-state index is 7.50. The van der Waals surface area contributed by atoms with Gasteiger partial charge < -0.3 is 0 Å². The van der Waals surface area contributed by atoms with E-state index in [2.05, 4.69) is 49.1 Å². The predicted molar refractivity (Wildman–Crippen MR) is 61.1 cm³/mol. The molecule has 0 aromatic rings. The average Bonchev–Trinajstić information content (AvgIpc) is 3.07. The Morgan fingerprint density at radius 2 is 1.50 bits per heavy atom. The van der Waals surface area contributed by atoms with Crippen LogP contribution in [-0.4, -0.2) is 25.1 Å². The second-order valence-electron chi connectivity index (χ2n) is 2.17. The van der Waals surface area contributed by atoms with Crippen LogP contribution in [0.25, 0.3) is 0 Å². The molecule has 1 rings (SSSR count). The molecule has 22 heavy (non-hydrogen) atoms. The van der Waals surface area contributed by atoms with Crippen LogP contribution in [0.1, 0.15) is 6.42 Å². The van der Waals surface area contributed by atoms with E-state index in [1.807, 2.05) is 0 Å². The van der Waals surface area contributed by atoms with Crippen LogP contribution in [0, 0.1) is 33.3 Å². The number of methoxy groups -OCH3 is 1. The van der Waals surface area contributed by atoms with E-state index in [1.54, 1.807) is 7.11 Å². The summed E-state index contributed by atoms with van der Waals surface area (Å²) in [5.74, 6) is 0.605. The number of hydrogen-bond donors (Lipinski definition) is 0. The number of halogens is 1. The van der Waals surface area contributed by atoms with E-state index in [0.29, 0.717) is 22.0 Å². The monoisotopic (exact) mass is 368 g/mol. The van der Waals surface area contributed by atoms with E-state index in [0.717, 1.165) is 6.42 Å². The van der Waals surface area contributed by atoms with Crippen LogP contribution < -0.4 is 0 Å². The van der Waals surface area contributed by atoms with Crippen molar-refractivity contribution in [3.05, 3.63) is 44.0 Å². The molecule has 0 amide bonds. The Bertz CT molecular complexity index is 359. The summed E-state index contributed by atoms with van der Waals surface area (Å²) < 4.78 is 53.1. The van der Waals surface area contributed by atoms with Crippen molar-refractivity contribution in [3.8, 4) is 0 Å². The van der Waals surface area contributed by atoms with E-state index < -0.39 is 0 Å². The molecule has 1 heterocycles. The van der Waals surface area contributed by atoms with Crippen molar-refractivity contribution < 1.29 is 53.3 Å². The summed E-state index contributed by atoms with van der Waals surface area (Å²) in [6, 6.07) is 0. The molecular formula is C12H9ClCrO8. The molecule has 0 aromatic heterocycles. The Morgan fingerprint density at radius 1 is 1.09 bits per heavy atom. The molecule has 10 heteroatoms. The third-order valence-electron chi connectivity index (χ3n) is 1.31. The van der Waals surface area contributed by atoms with Gasteiger partial charge in [-0.05, 0) is 0 Å². The van der Waals surface area contributed by atoms with E-state index in [4.69, 9.17) is 49.1 Å². The third kappa shape index (κ3) is 21.2. The normalized spacial score (nSPS) is 9.45. The molecule has 0 saturated carbocycles. The maximum absolute atomic E-state index is 7.50. The van der Waals surface area contributed by atoms with Gasteiger partial charge in [-0.15, -0.1) is 0 Å². The molecule has 118 valence electrons. The van der Waals surface area contributed by atoms with Gasteiger partial charge in [-0.2, -0.15) is 0 Å². The average molecular weight is 369 g/mol. The molecule has 0 atom stereocenters. The van der Waals surface area contributed by atoms with Gasteiger partial charge in [0.2, 0.25) is 0 Å². The fourth-order valence-corrected chi connectivity index (χ4v) is 1.45. The predicted octanol–water partition coefficient (Wildman–Crippen LogP) is 0.967. The Hall–Kier alpha value is -1.15. The summed E-state index contributed by atoms with van der Waals surface area (Å²) in [4.78, 5) is 0. The summed E-state index contributed by atoms with van der Waals surface area (Å²) in [5.41, 5.74) is 0. The number of hydrogen-bond acceptors (Lipinski definition) is 3. The van der Waals surface area contributed by atoms with Gasteiger partial charge >= 0.3 is 140 Å². The van der Waals surface area contributed by atoms with E-state index in [1.165, 1.54) is 0 Å². The zero-order chi connectivity index (χ0) is 19.0. The molecule has 1 aliphatic heterocycles. The van der Waals surface area contributed by atoms with Gasteiger partial charge in [0, 0.05) is 0 Å². The third-order valence-corrected chi connectivity index (χ3v) is 2.14. The molecule has 0 fully saturated rings. The van der Waals surface area contributed by atoms with Crippen LogP contribution >= 0.6 is 11.6 Å². The zero-order valence-electron chi connectivity index (χ0n) is 11.2. The summed E-state index contributed by atoms with van der Waals surface area (Å²) in [5, 5.41) is 0.694. The summed E-state index contributed by atoms with van der Waals surface area (Å²) in [7, 11) is 1.55. The zero-order valence-corrected chi connectivity index (χ0v) is 13.2. The Labute approximate surface area is 140 Å². The molecule has 0 bridgehead atoms.